The number of rotatable bonds is 9. The molecule has 190 valence electrons. The summed E-state index contributed by atoms with van der Waals surface area (Å²) in [5, 5.41) is 4.93. The molecule has 0 unspecified atom stereocenters. The van der Waals surface area contributed by atoms with Gasteiger partial charge in [0.15, 0.2) is 5.82 Å². The van der Waals surface area contributed by atoms with E-state index in [4.69, 9.17) is 11.6 Å². The van der Waals surface area contributed by atoms with Gasteiger partial charge in [0.05, 0.1) is 10.7 Å². The van der Waals surface area contributed by atoms with Gasteiger partial charge < -0.3 is 10.1 Å². The second kappa shape index (κ2) is 11.4. The molecule has 2 N–H and O–H groups in total. The fraction of sp³-hybridized carbons (Fsp3) is 0.259. The Balaban J connectivity index is 1.66. The van der Waals surface area contributed by atoms with Crippen LogP contribution in [0.15, 0.2) is 76.4 Å². The van der Waals surface area contributed by atoms with Gasteiger partial charge >= 0.3 is 12.7 Å². The summed E-state index contributed by atoms with van der Waals surface area (Å²) in [7, 11) is -1.83. The number of allylic oxidation sites excluding steroid dienone is 1. The Kier molecular flexibility index (Phi) is 8.56. The van der Waals surface area contributed by atoms with Crippen molar-refractivity contribution in [2.75, 3.05) is 13.1 Å². The van der Waals surface area contributed by atoms with Crippen molar-refractivity contribution in [3.05, 3.63) is 82.6 Å². The molecule has 36 heavy (non-hydrogen) atoms. The molecule has 0 aromatic heterocycles. The maximum absolute atomic E-state index is 13.0. The standard InChI is InChI=1S/C27H32F2N5OS/c1-7-25-33-24(23-12-9-8-11-20(23)2)19-26(34(25)30-4)31-17-10-18-32-36(5,6)22-15-13-21(14-16-22)35-27(3,28)29/h4,7-9,11-16,19,32-33H,5-6,10,17-18H2,1-3H3/q+1. The Morgan fingerprint density at radius 2 is 1.92 bits per heavy atom. The molecule has 6 nitrogen and oxygen atoms in total. The Morgan fingerprint density at radius 3 is 2.53 bits per heavy atom. The maximum Gasteiger partial charge on any atom is 0.394 e. The first kappa shape index (κ1) is 27.0. The smallest absolute Gasteiger partial charge is 0.394 e. The fourth-order valence-corrected chi connectivity index (χ4v) is 4.95. The van der Waals surface area contributed by atoms with Crippen molar-refractivity contribution in [3.8, 4) is 12.3 Å². The van der Waals surface area contributed by atoms with Crippen molar-refractivity contribution in [1.82, 2.24) is 15.0 Å². The van der Waals surface area contributed by atoms with Crippen molar-refractivity contribution in [2.24, 2.45) is 4.99 Å². The summed E-state index contributed by atoms with van der Waals surface area (Å²) in [6.45, 7) is 11.5. The highest BCUT2D eigenvalue weighted by molar-refractivity contribution is 8.26. The predicted molar refractivity (Wildman–Crippen MR) is 149 cm³/mol. The normalized spacial score (nSPS) is 16.4. The Hall–Kier alpha value is -3.61. The summed E-state index contributed by atoms with van der Waals surface area (Å²) >= 11 is 0. The minimum absolute atomic E-state index is 0.0905. The summed E-state index contributed by atoms with van der Waals surface area (Å²) in [6, 6.07) is 14.5. The third-order valence-corrected chi connectivity index (χ3v) is 7.30. The SMILES string of the molecule is C#[N+]N1C(=CC)NC(c2ccccc2C)=CC1=NCCCNS(=C)(=C)c1ccc(OC(C)(F)F)cc1. The number of nitrogens with one attached hydrogen (secondary N) is 2. The largest absolute Gasteiger partial charge is 0.433 e. The van der Waals surface area contributed by atoms with Gasteiger partial charge in [0, 0.05) is 41.6 Å². The molecule has 0 spiro atoms. The number of aliphatic imine (C=N–C) groups is 1. The van der Waals surface area contributed by atoms with E-state index in [1.165, 1.54) is 12.1 Å². The maximum atomic E-state index is 13.0. The van der Waals surface area contributed by atoms with E-state index in [2.05, 4.69) is 50.5 Å². The van der Waals surface area contributed by atoms with Crippen LogP contribution in [0.2, 0.25) is 0 Å². The quantitative estimate of drug-likeness (QED) is 0.320. The van der Waals surface area contributed by atoms with Crippen LogP contribution >= 0.6 is 9.39 Å². The van der Waals surface area contributed by atoms with Crippen molar-refractivity contribution in [3.63, 3.8) is 0 Å². The van der Waals surface area contributed by atoms with E-state index in [1.54, 1.807) is 17.1 Å². The molecule has 1 aliphatic heterocycles. The van der Waals surface area contributed by atoms with Gasteiger partial charge in [-0.2, -0.15) is 8.78 Å². The topological polar surface area (TPSA) is 53.2 Å². The van der Waals surface area contributed by atoms with Crippen LogP contribution in [0, 0.1) is 13.5 Å². The third kappa shape index (κ3) is 6.97. The minimum Gasteiger partial charge on any atom is -0.433 e. The first-order chi connectivity index (χ1) is 17.0. The average molecular weight is 513 g/mol. The fourth-order valence-electron chi connectivity index (χ4n) is 3.59. The second-order valence-corrected chi connectivity index (χ2v) is 10.9. The van der Waals surface area contributed by atoms with Gasteiger partial charge in [0.25, 0.3) is 0 Å². The molecular weight excluding hydrogens is 480 g/mol. The summed E-state index contributed by atoms with van der Waals surface area (Å²) in [4.78, 5) is 9.44. The summed E-state index contributed by atoms with van der Waals surface area (Å²) < 4.78 is 34.0. The van der Waals surface area contributed by atoms with E-state index >= 15 is 0 Å². The van der Waals surface area contributed by atoms with E-state index < -0.39 is 15.5 Å². The van der Waals surface area contributed by atoms with Crippen LogP contribution < -0.4 is 14.8 Å². The van der Waals surface area contributed by atoms with Crippen LogP contribution in [0.4, 0.5) is 8.78 Å². The van der Waals surface area contributed by atoms with E-state index in [1.807, 2.05) is 31.2 Å². The van der Waals surface area contributed by atoms with E-state index in [-0.39, 0.29) is 5.75 Å². The lowest BCUT2D eigenvalue weighted by Gasteiger charge is -2.22. The highest BCUT2D eigenvalue weighted by Crippen LogP contribution is 2.30. The molecule has 9 heteroatoms. The molecular formula is C27H32F2N5OS+. The first-order valence-electron chi connectivity index (χ1n) is 11.4. The van der Waals surface area contributed by atoms with Crippen LogP contribution in [-0.4, -0.2) is 41.8 Å². The monoisotopic (exact) mass is 512 g/mol. The molecule has 3 rings (SSSR count). The highest BCUT2D eigenvalue weighted by atomic mass is 32.2. The Labute approximate surface area is 212 Å². The van der Waals surface area contributed by atoms with E-state index in [9.17, 15) is 8.78 Å². The van der Waals surface area contributed by atoms with Crippen LogP contribution in [0.3, 0.4) is 0 Å². The number of benzene rings is 2. The van der Waals surface area contributed by atoms with Gasteiger partial charge in [-0.1, -0.05) is 36.0 Å². The molecule has 0 amide bonds. The van der Waals surface area contributed by atoms with Crippen LogP contribution in [0.5, 0.6) is 5.75 Å². The van der Waals surface area contributed by atoms with Gasteiger partial charge in [-0.15, -0.1) is 9.39 Å². The van der Waals surface area contributed by atoms with Crippen LogP contribution in [0.25, 0.3) is 10.7 Å². The van der Waals surface area contributed by atoms with Crippen LogP contribution in [0.1, 0.15) is 31.4 Å². The predicted octanol–water partition coefficient (Wildman–Crippen LogP) is 5.99. The van der Waals surface area contributed by atoms with Crippen molar-refractivity contribution in [1.29, 1.82) is 0 Å². The van der Waals surface area contributed by atoms with Crippen molar-refractivity contribution in [2.45, 2.75) is 38.2 Å². The average Bonchev–Trinajstić information content (AvgIpc) is 2.82. The number of hydrogen-bond acceptors (Lipinski definition) is 4. The Morgan fingerprint density at radius 1 is 1.22 bits per heavy atom. The second-order valence-electron chi connectivity index (χ2n) is 8.35. The number of aryl methyl sites for hydroxylation is 1. The number of hydrogen-bond donors (Lipinski definition) is 2. The number of ether oxygens (including phenoxy) is 1. The molecule has 0 aliphatic carbocycles. The number of halogens is 2. The first-order valence-corrected chi connectivity index (χ1v) is 13.4. The molecule has 1 heterocycles. The van der Waals surface area contributed by atoms with E-state index in [0.717, 1.165) is 34.0 Å². The number of amidine groups is 1. The summed E-state index contributed by atoms with van der Waals surface area (Å²) in [5.41, 5.74) is 3.14. The lowest BCUT2D eigenvalue weighted by Crippen LogP contribution is -2.35. The molecule has 2 aromatic rings. The third-order valence-electron chi connectivity index (χ3n) is 5.36. The van der Waals surface area contributed by atoms with Crippen LogP contribution in [-0.2, 0) is 0 Å². The summed E-state index contributed by atoms with van der Waals surface area (Å²) in [5.74, 6) is 9.85. The molecule has 0 saturated carbocycles. The highest BCUT2D eigenvalue weighted by Gasteiger charge is 2.29. The van der Waals surface area contributed by atoms with Gasteiger partial charge in [-0.3, -0.25) is 9.71 Å². The Bertz CT molecular complexity index is 1320. The van der Waals surface area contributed by atoms with Crippen molar-refractivity contribution >= 4 is 32.7 Å². The van der Waals surface area contributed by atoms with Gasteiger partial charge in [-0.25, -0.2) is 0 Å². The van der Waals surface area contributed by atoms with Gasteiger partial charge in [0.1, 0.15) is 5.75 Å². The molecule has 0 radical (unpaired) electrons. The number of alkyl halides is 2. The van der Waals surface area contributed by atoms with Gasteiger partial charge in [-0.05, 0) is 56.2 Å². The van der Waals surface area contributed by atoms with Crippen molar-refractivity contribution < 1.29 is 13.5 Å². The molecule has 2 aromatic carbocycles. The molecule has 0 bridgehead atoms. The molecule has 0 atom stereocenters. The summed E-state index contributed by atoms with van der Waals surface area (Å²) in [6.07, 6.45) is 1.31. The zero-order valence-electron chi connectivity index (χ0n) is 20.8. The lowest BCUT2D eigenvalue weighted by atomic mass is 10.0. The minimum atomic E-state index is -3.23. The lowest BCUT2D eigenvalue weighted by molar-refractivity contribution is -0.158. The number of nitrogens with zero attached hydrogens (tertiary/aromatic N) is 3. The zero-order valence-corrected chi connectivity index (χ0v) is 21.6. The van der Waals surface area contributed by atoms with Gasteiger partial charge in [0.2, 0.25) is 5.84 Å². The molecule has 0 saturated heterocycles. The zero-order chi connectivity index (χ0) is 26.3. The molecule has 1 aliphatic rings. The molecule has 0 fully saturated rings. The van der Waals surface area contributed by atoms with E-state index in [0.29, 0.717) is 25.8 Å².